The monoisotopic (exact) mass is 286 g/mol. The molecule has 1 heterocycles. The molecule has 1 aromatic heterocycles. The molecule has 2 aromatic rings. The summed E-state index contributed by atoms with van der Waals surface area (Å²) in [7, 11) is 0. The first-order valence-electron chi connectivity index (χ1n) is 5.23. The van der Waals surface area contributed by atoms with E-state index in [1.165, 1.54) is 11.3 Å². The maximum absolute atomic E-state index is 13.0. The van der Waals surface area contributed by atoms with Crippen LogP contribution < -0.4 is 11.1 Å². The fraction of sp³-hybridized carbons (Fsp3) is 0.0833. The van der Waals surface area contributed by atoms with E-state index in [4.69, 9.17) is 5.73 Å². The van der Waals surface area contributed by atoms with Crippen LogP contribution in [0.5, 0.6) is 0 Å². The molecular weight excluding hydrogens is 277 g/mol. The van der Waals surface area contributed by atoms with Crippen molar-refractivity contribution in [1.29, 1.82) is 0 Å². The minimum absolute atomic E-state index is 0.116. The highest BCUT2D eigenvalue weighted by Crippen LogP contribution is 2.20. The second-order valence-corrected chi connectivity index (χ2v) is 4.77. The van der Waals surface area contributed by atoms with E-state index in [2.05, 4.69) is 5.32 Å². The molecule has 19 heavy (non-hydrogen) atoms. The summed E-state index contributed by atoms with van der Waals surface area (Å²) in [6, 6.07) is 3.30. The van der Waals surface area contributed by atoms with Crippen LogP contribution in [0.2, 0.25) is 0 Å². The van der Waals surface area contributed by atoms with Crippen LogP contribution in [0.3, 0.4) is 0 Å². The van der Waals surface area contributed by atoms with Crippen LogP contribution in [0, 0.1) is 17.5 Å². The van der Waals surface area contributed by atoms with E-state index >= 15 is 0 Å². The van der Waals surface area contributed by atoms with Gasteiger partial charge in [-0.25, -0.2) is 13.2 Å². The Bertz CT molecular complexity index is 604. The molecule has 100 valence electrons. The van der Waals surface area contributed by atoms with Gasteiger partial charge < -0.3 is 11.1 Å². The van der Waals surface area contributed by atoms with Gasteiger partial charge in [-0.1, -0.05) is 0 Å². The van der Waals surface area contributed by atoms with Crippen LogP contribution in [-0.2, 0) is 6.54 Å². The Kier molecular flexibility index (Phi) is 3.75. The fourth-order valence-electron chi connectivity index (χ4n) is 1.45. The zero-order chi connectivity index (χ0) is 14.0. The number of amides is 1. The number of rotatable bonds is 4. The summed E-state index contributed by atoms with van der Waals surface area (Å²) < 4.78 is 38.7. The zero-order valence-corrected chi connectivity index (χ0v) is 10.4. The summed E-state index contributed by atoms with van der Waals surface area (Å²) in [5, 5.41) is 4.32. The number of thiophene rings is 1. The van der Waals surface area contributed by atoms with Gasteiger partial charge in [-0.05, 0) is 6.07 Å². The van der Waals surface area contributed by atoms with Crippen LogP contribution in [-0.4, -0.2) is 5.91 Å². The fourth-order valence-corrected chi connectivity index (χ4v) is 2.26. The third-order valence-electron chi connectivity index (χ3n) is 2.39. The van der Waals surface area contributed by atoms with E-state index in [-0.39, 0.29) is 12.2 Å². The number of benzene rings is 1. The van der Waals surface area contributed by atoms with E-state index in [0.717, 1.165) is 17.0 Å². The summed E-state index contributed by atoms with van der Waals surface area (Å²) in [6.07, 6.45) is 0. The minimum Gasteiger partial charge on any atom is -0.380 e. The van der Waals surface area contributed by atoms with E-state index < -0.39 is 23.4 Å². The molecule has 3 N–H and O–H groups in total. The minimum atomic E-state index is -1.50. The van der Waals surface area contributed by atoms with Gasteiger partial charge in [-0.3, -0.25) is 4.79 Å². The molecule has 3 nitrogen and oxygen atoms in total. The van der Waals surface area contributed by atoms with Gasteiger partial charge in [0, 0.05) is 34.6 Å². The van der Waals surface area contributed by atoms with E-state index in [1.807, 2.05) is 0 Å². The lowest BCUT2D eigenvalue weighted by atomic mass is 10.2. The van der Waals surface area contributed by atoms with Crippen LogP contribution in [0.25, 0.3) is 0 Å². The molecule has 0 spiro atoms. The summed E-state index contributed by atoms with van der Waals surface area (Å²) in [5.74, 6) is -4.56. The SMILES string of the molecule is NC(=O)c1csc(CNc2cc(F)c(F)c(F)c2)c1. The van der Waals surface area contributed by atoms with Gasteiger partial charge in [-0.2, -0.15) is 0 Å². The standard InChI is InChI=1S/C12H9F3N2OS/c13-9-2-7(3-10(14)11(9)15)17-4-8-1-6(5-19-8)12(16)18/h1-3,5,17H,4H2,(H2,16,18). The highest BCUT2D eigenvalue weighted by molar-refractivity contribution is 7.10. The highest BCUT2D eigenvalue weighted by atomic mass is 32.1. The molecule has 2 rings (SSSR count). The molecule has 0 unspecified atom stereocenters. The Hall–Kier alpha value is -2.02. The van der Waals surface area contributed by atoms with E-state index in [0.29, 0.717) is 5.56 Å². The van der Waals surface area contributed by atoms with Crippen molar-refractivity contribution in [3.8, 4) is 0 Å². The van der Waals surface area contributed by atoms with Crippen LogP contribution >= 0.6 is 11.3 Å². The number of primary amides is 1. The Morgan fingerprint density at radius 2 is 1.84 bits per heavy atom. The normalized spacial score (nSPS) is 10.5. The third kappa shape index (κ3) is 3.05. The first-order chi connectivity index (χ1) is 8.97. The number of hydrogen-bond donors (Lipinski definition) is 2. The first kappa shape index (κ1) is 13.4. The van der Waals surface area contributed by atoms with Crippen LogP contribution in [0.4, 0.5) is 18.9 Å². The maximum atomic E-state index is 13.0. The number of halogens is 3. The van der Waals surface area contributed by atoms with Gasteiger partial charge in [0.2, 0.25) is 5.91 Å². The Morgan fingerprint density at radius 1 is 1.21 bits per heavy atom. The number of carbonyl (C=O) groups excluding carboxylic acids is 1. The van der Waals surface area contributed by atoms with Crippen LogP contribution in [0.1, 0.15) is 15.2 Å². The number of anilines is 1. The molecule has 0 saturated carbocycles. The predicted octanol–water partition coefficient (Wildman–Crippen LogP) is 2.88. The largest absolute Gasteiger partial charge is 0.380 e. The Morgan fingerprint density at radius 3 is 2.37 bits per heavy atom. The van der Waals surface area contributed by atoms with Crippen molar-refractivity contribution in [1.82, 2.24) is 0 Å². The van der Waals surface area contributed by atoms with Crippen molar-refractivity contribution in [2.75, 3.05) is 5.32 Å². The average molecular weight is 286 g/mol. The summed E-state index contributed by atoms with van der Waals surface area (Å²) >= 11 is 1.28. The lowest BCUT2D eigenvalue weighted by molar-refractivity contribution is 0.100. The Labute approximate surface area is 110 Å². The number of nitrogens with two attached hydrogens (primary N) is 1. The van der Waals surface area contributed by atoms with Gasteiger partial charge in [0.05, 0.1) is 5.56 Å². The molecule has 0 saturated heterocycles. The van der Waals surface area contributed by atoms with E-state index in [1.54, 1.807) is 11.4 Å². The number of hydrogen-bond acceptors (Lipinski definition) is 3. The van der Waals surface area contributed by atoms with Crippen molar-refractivity contribution in [3.05, 3.63) is 51.5 Å². The van der Waals surface area contributed by atoms with Gasteiger partial charge in [0.15, 0.2) is 17.5 Å². The topological polar surface area (TPSA) is 55.1 Å². The quantitative estimate of drug-likeness (QED) is 0.849. The maximum Gasteiger partial charge on any atom is 0.249 e. The third-order valence-corrected chi connectivity index (χ3v) is 3.33. The van der Waals surface area contributed by atoms with Gasteiger partial charge in [0.25, 0.3) is 0 Å². The van der Waals surface area contributed by atoms with Crippen molar-refractivity contribution in [3.63, 3.8) is 0 Å². The second kappa shape index (κ2) is 5.31. The van der Waals surface area contributed by atoms with E-state index in [9.17, 15) is 18.0 Å². The molecule has 0 aliphatic carbocycles. The molecule has 0 fully saturated rings. The molecular formula is C12H9F3N2OS. The lowest BCUT2D eigenvalue weighted by Crippen LogP contribution is -2.09. The lowest BCUT2D eigenvalue weighted by Gasteiger charge is -2.05. The van der Waals surface area contributed by atoms with Crippen LogP contribution in [0.15, 0.2) is 23.6 Å². The molecule has 1 amide bonds. The molecule has 7 heteroatoms. The first-order valence-corrected chi connectivity index (χ1v) is 6.11. The average Bonchev–Trinajstić information content (AvgIpc) is 2.82. The van der Waals surface area contributed by atoms with Crippen molar-refractivity contribution in [2.24, 2.45) is 5.73 Å². The van der Waals surface area contributed by atoms with Crippen molar-refractivity contribution < 1.29 is 18.0 Å². The molecule has 0 aliphatic rings. The second-order valence-electron chi connectivity index (χ2n) is 3.77. The molecule has 0 atom stereocenters. The highest BCUT2D eigenvalue weighted by Gasteiger charge is 2.10. The summed E-state index contributed by atoms with van der Waals surface area (Å²) in [5.41, 5.74) is 5.59. The molecule has 0 bridgehead atoms. The molecule has 0 radical (unpaired) electrons. The number of nitrogens with one attached hydrogen (secondary N) is 1. The summed E-state index contributed by atoms with van der Waals surface area (Å²) in [4.78, 5) is 11.6. The predicted molar refractivity (Wildman–Crippen MR) is 66.5 cm³/mol. The smallest absolute Gasteiger partial charge is 0.249 e. The van der Waals surface area contributed by atoms with Gasteiger partial charge in [-0.15, -0.1) is 11.3 Å². The number of carbonyl (C=O) groups is 1. The zero-order valence-electron chi connectivity index (χ0n) is 9.54. The van der Waals surface area contributed by atoms with Gasteiger partial charge >= 0.3 is 0 Å². The van der Waals surface area contributed by atoms with Crippen molar-refractivity contribution >= 4 is 22.9 Å². The molecule has 0 aliphatic heterocycles. The molecule has 1 aromatic carbocycles. The van der Waals surface area contributed by atoms with Crippen molar-refractivity contribution in [2.45, 2.75) is 6.54 Å². The summed E-state index contributed by atoms with van der Waals surface area (Å²) in [6.45, 7) is 0.252. The Balaban J connectivity index is 2.08. The van der Waals surface area contributed by atoms with Gasteiger partial charge in [0.1, 0.15) is 0 Å².